The van der Waals surface area contributed by atoms with E-state index in [1.807, 2.05) is 13.8 Å². The zero-order valence-electron chi connectivity index (χ0n) is 11.7. The fraction of sp³-hybridized carbons (Fsp3) is 0.333. The Morgan fingerprint density at radius 1 is 1.25 bits per heavy atom. The summed E-state index contributed by atoms with van der Waals surface area (Å²) < 4.78 is 18.2. The van der Waals surface area contributed by atoms with Crippen molar-refractivity contribution >= 4 is 18.0 Å². The topological polar surface area (TPSA) is 55.4 Å². The molecule has 0 fully saturated rings. The Morgan fingerprint density at radius 2 is 1.90 bits per heavy atom. The number of halogens is 1. The second-order valence-corrected chi connectivity index (χ2v) is 4.60. The molecule has 20 heavy (non-hydrogen) atoms. The first-order valence-electron chi connectivity index (χ1n) is 6.33. The van der Waals surface area contributed by atoms with Gasteiger partial charge in [-0.3, -0.25) is 4.79 Å². The Kier molecular flexibility index (Phi) is 5.90. The van der Waals surface area contributed by atoms with Gasteiger partial charge in [-0.15, -0.1) is 0 Å². The van der Waals surface area contributed by atoms with Crippen molar-refractivity contribution < 1.29 is 18.7 Å². The molecule has 1 amide bonds. The lowest BCUT2D eigenvalue weighted by Gasteiger charge is -2.14. The Balaban J connectivity index is 2.56. The van der Waals surface area contributed by atoms with Gasteiger partial charge in [-0.1, -0.05) is 18.2 Å². The summed E-state index contributed by atoms with van der Waals surface area (Å²) >= 11 is 0. The third kappa shape index (κ3) is 5.22. The Bertz CT molecular complexity index is 512. The molecule has 108 valence electrons. The van der Waals surface area contributed by atoms with Crippen LogP contribution in [0.15, 0.2) is 30.3 Å². The first kappa shape index (κ1) is 15.9. The zero-order chi connectivity index (χ0) is 15.1. The van der Waals surface area contributed by atoms with Crippen molar-refractivity contribution in [3.8, 4) is 0 Å². The molecule has 0 bridgehead atoms. The predicted molar refractivity (Wildman–Crippen MR) is 74.3 cm³/mol. The number of benzene rings is 1. The van der Waals surface area contributed by atoms with Crippen LogP contribution in [-0.4, -0.2) is 24.0 Å². The van der Waals surface area contributed by atoms with Gasteiger partial charge in [0.25, 0.3) is 5.91 Å². The number of amides is 1. The maximum atomic E-state index is 13.3. The number of carbonyl (C=O) groups excluding carboxylic acids is 2. The average Bonchev–Trinajstić information content (AvgIpc) is 2.37. The van der Waals surface area contributed by atoms with Crippen LogP contribution in [0, 0.1) is 5.82 Å². The lowest BCUT2D eigenvalue weighted by molar-refractivity contribution is -0.150. The second kappa shape index (κ2) is 7.43. The van der Waals surface area contributed by atoms with E-state index in [1.165, 1.54) is 25.1 Å². The molecule has 1 aromatic carbocycles. The fourth-order valence-electron chi connectivity index (χ4n) is 1.44. The van der Waals surface area contributed by atoms with E-state index >= 15 is 0 Å². The quantitative estimate of drug-likeness (QED) is 0.664. The standard InChI is InChI=1S/C15H18FNO3/c1-10(2)17-15(19)11(3)20-14(18)9-8-12-6-4-5-7-13(12)16/h4-11H,1-3H3,(H,17,19)/b9-8+/t11-/m1/s1. The van der Waals surface area contributed by atoms with Gasteiger partial charge < -0.3 is 10.1 Å². The van der Waals surface area contributed by atoms with Gasteiger partial charge in [-0.25, -0.2) is 9.18 Å². The van der Waals surface area contributed by atoms with Gasteiger partial charge in [0, 0.05) is 17.7 Å². The number of ether oxygens (including phenoxy) is 1. The molecule has 4 nitrogen and oxygen atoms in total. The summed E-state index contributed by atoms with van der Waals surface area (Å²) in [5, 5.41) is 2.63. The van der Waals surface area contributed by atoms with E-state index in [1.54, 1.807) is 12.1 Å². The molecule has 0 unspecified atom stereocenters. The highest BCUT2D eigenvalue weighted by Crippen LogP contribution is 2.08. The molecule has 5 heteroatoms. The van der Waals surface area contributed by atoms with Gasteiger partial charge in [-0.2, -0.15) is 0 Å². The van der Waals surface area contributed by atoms with E-state index in [2.05, 4.69) is 5.32 Å². The van der Waals surface area contributed by atoms with E-state index in [-0.39, 0.29) is 17.5 Å². The van der Waals surface area contributed by atoms with Crippen molar-refractivity contribution in [2.45, 2.75) is 32.9 Å². The average molecular weight is 279 g/mol. The van der Waals surface area contributed by atoms with Crippen LogP contribution in [0.1, 0.15) is 26.3 Å². The molecule has 0 saturated heterocycles. The molecule has 1 N–H and O–H groups in total. The Labute approximate surface area is 117 Å². The maximum Gasteiger partial charge on any atom is 0.331 e. The molecule has 0 radical (unpaired) electrons. The summed E-state index contributed by atoms with van der Waals surface area (Å²) in [6.45, 7) is 5.10. The molecule has 0 heterocycles. The van der Waals surface area contributed by atoms with E-state index in [4.69, 9.17) is 4.74 Å². The van der Waals surface area contributed by atoms with Crippen molar-refractivity contribution in [2.75, 3.05) is 0 Å². The van der Waals surface area contributed by atoms with E-state index in [0.29, 0.717) is 0 Å². The fourth-order valence-corrected chi connectivity index (χ4v) is 1.44. The summed E-state index contributed by atoms with van der Waals surface area (Å²) in [5.74, 6) is -1.49. The third-order valence-electron chi connectivity index (χ3n) is 2.40. The van der Waals surface area contributed by atoms with Crippen molar-refractivity contribution in [3.63, 3.8) is 0 Å². The molecule has 0 spiro atoms. The summed E-state index contributed by atoms with van der Waals surface area (Å²) in [4.78, 5) is 23.1. The maximum absolute atomic E-state index is 13.3. The van der Waals surface area contributed by atoms with Crippen molar-refractivity contribution in [3.05, 3.63) is 41.7 Å². The molecular weight excluding hydrogens is 261 g/mol. The minimum Gasteiger partial charge on any atom is -0.449 e. The summed E-state index contributed by atoms with van der Waals surface area (Å²) in [6.07, 6.45) is 1.51. The molecule has 1 rings (SSSR count). The zero-order valence-corrected chi connectivity index (χ0v) is 11.7. The molecule has 0 aliphatic heterocycles. The molecule has 1 aromatic rings. The Morgan fingerprint density at radius 3 is 2.50 bits per heavy atom. The van der Waals surface area contributed by atoms with Gasteiger partial charge in [0.2, 0.25) is 0 Å². The summed E-state index contributed by atoms with van der Waals surface area (Å²) in [5.41, 5.74) is 0.281. The van der Waals surface area contributed by atoms with Crippen LogP contribution in [0.4, 0.5) is 4.39 Å². The van der Waals surface area contributed by atoms with Crippen LogP contribution in [0.2, 0.25) is 0 Å². The van der Waals surface area contributed by atoms with Gasteiger partial charge in [-0.05, 0) is 32.9 Å². The number of hydrogen-bond donors (Lipinski definition) is 1. The normalized spacial score (nSPS) is 12.4. The van der Waals surface area contributed by atoms with Crippen LogP contribution in [-0.2, 0) is 14.3 Å². The van der Waals surface area contributed by atoms with Crippen LogP contribution >= 0.6 is 0 Å². The molecular formula is C15H18FNO3. The van der Waals surface area contributed by atoms with Gasteiger partial charge in [0.1, 0.15) is 5.82 Å². The lowest BCUT2D eigenvalue weighted by atomic mass is 10.2. The van der Waals surface area contributed by atoms with Crippen LogP contribution in [0.5, 0.6) is 0 Å². The monoisotopic (exact) mass is 279 g/mol. The highest BCUT2D eigenvalue weighted by atomic mass is 19.1. The van der Waals surface area contributed by atoms with Crippen LogP contribution in [0.3, 0.4) is 0 Å². The van der Waals surface area contributed by atoms with Crippen molar-refractivity contribution in [1.82, 2.24) is 5.32 Å². The highest BCUT2D eigenvalue weighted by molar-refractivity contribution is 5.90. The molecule has 0 aliphatic carbocycles. The molecule has 1 atom stereocenters. The van der Waals surface area contributed by atoms with Crippen molar-refractivity contribution in [1.29, 1.82) is 0 Å². The molecule has 0 aromatic heterocycles. The first-order valence-corrected chi connectivity index (χ1v) is 6.33. The minimum atomic E-state index is -0.893. The lowest BCUT2D eigenvalue weighted by Crippen LogP contribution is -2.39. The van der Waals surface area contributed by atoms with Gasteiger partial charge >= 0.3 is 5.97 Å². The smallest absolute Gasteiger partial charge is 0.331 e. The number of esters is 1. The molecule has 0 aliphatic rings. The van der Waals surface area contributed by atoms with Gasteiger partial charge in [0.05, 0.1) is 0 Å². The number of hydrogen-bond acceptors (Lipinski definition) is 3. The van der Waals surface area contributed by atoms with E-state index < -0.39 is 17.9 Å². The number of nitrogens with one attached hydrogen (secondary N) is 1. The highest BCUT2D eigenvalue weighted by Gasteiger charge is 2.16. The van der Waals surface area contributed by atoms with E-state index in [0.717, 1.165) is 6.08 Å². The number of rotatable bonds is 5. The van der Waals surface area contributed by atoms with E-state index in [9.17, 15) is 14.0 Å². The van der Waals surface area contributed by atoms with Crippen LogP contribution in [0.25, 0.3) is 6.08 Å². The molecule has 0 saturated carbocycles. The Hall–Kier alpha value is -2.17. The summed E-state index contributed by atoms with van der Waals surface area (Å²) in [7, 11) is 0. The second-order valence-electron chi connectivity index (χ2n) is 4.60. The minimum absolute atomic E-state index is 0.0300. The van der Waals surface area contributed by atoms with Gasteiger partial charge in [0.15, 0.2) is 6.10 Å². The van der Waals surface area contributed by atoms with Crippen molar-refractivity contribution in [2.24, 2.45) is 0 Å². The summed E-state index contributed by atoms with van der Waals surface area (Å²) in [6, 6.07) is 6.02. The third-order valence-corrected chi connectivity index (χ3v) is 2.40. The first-order chi connectivity index (χ1) is 9.40. The largest absolute Gasteiger partial charge is 0.449 e. The predicted octanol–water partition coefficient (Wildman–Crippen LogP) is 2.30. The SMILES string of the molecule is CC(C)NC(=O)[C@@H](C)OC(=O)/C=C/c1ccccc1F. The van der Waals surface area contributed by atoms with Crippen LogP contribution < -0.4 is 5.32 Å². The number of carbonyl (C=O) groups is 2.